The van der Waals surface area contributed by atoms with Gasteiger partial charge in [-0.05, 0) is 17.9 Å². The Hall–Kier alpha value is -0.700. The zero-order chi connectivity index (χ0) is 12.3. The van der Waals surface area contributed by atoms with E-state index in [4.69, 9.17) is 0 Å². The molecular weight excluding hydrogens is 218 g/mol. The van der Waals surface area contributed by atoms with Crippen molar-refractivity contribution in [3.63, 3.8) is 0 Å². The maximum atomic E-state index is 12.2. The molecule has 1 aromatic rings. The highest BCUT2D eigenvalue weighted by Crippen LogP contribution is 2.15. The van der Waals surface area contributed by atoms with E-state index in [1.165, 1.54) is 0 Å². The molecule has 1 rings (SSSR count). The summed E-state index contributed by atoms with van der Waals surface area (Å²) in [4.78, 5) is 12.2. The lowest BCUT2D eigenvalue weighted by Crippen LogP contribution is -2.28. The Morgan fingerprint density at radius 2 is 1.88 bits per heavy atom. The first-order valence-corrected chi connectivity index (χ1v) is 6.44. The SMILES string of the molecule is CC(C)Cn1c(C(C)C)ccc(CS)c1=O. The minimum absolute atomic E-state index is 0.120. The molecule has 0 atom stereocenters. The number of thiol groups is 1. The molecule has 1 aromatic heterocycles. The molecule has 1 heterocycles. The lowest BCUT2D eigenvalue weighted by Gasteiger charge is -2.18. The van der Waals surface area contributed by atoms with Crippen molar-refractivity contribution >= 4 is 12.6 Å². The van der Waals surface area contributed by atoms with Gasteiger partial charge in [0.1, 0.15) is 0 Å². The number of pyridine rings is 1. The second kappa shape index (κ2) is 5.58. The number of hydrogen-bond acceptors (Lipinski definition) is 2. The summed E-state index contributed by atoms with van der Waals surface area (Å²) in [7, 11) is 0. The van der Waals surface area contributed by atoms with Crippen molar-refractivity contribution in [2.75, 3.05) is 0 Å². The summed E-state index contributed by atoms with van der Waals surface area (Å²) in [5.41, 5.74) is 2.02. The summed E-state index contributed by atoms with van der Waals surface area (Å²) in [5.74, 6) is 1.36. The molecule has 2 nitrogen and oxygen atoms in total. The van der Waals surface area contributed by atoms with Gasteiger partial charge in [0.15, 0.2) is 0 Å². The predicted molar refractivity (Wildman–Crippen MR) is 72.3 cm³/mol. The summed E-state index contributed by atoms with van der Waals surface area (Å²) in [6.45, 7) is 9.28. The van der Waals surface area contributed by atoms with Crippen LogP contribution in [0.15, 0.2) is 16.9 Å². The van der Waals surface area contributed by atoms with Gasteiger partial charge in [-0.3, -0.25) is 4.79 Å². The summed E-state index contributed by atoms with van der Waals surface area (Å²) in [6, 6.07) is 3.96. The minimum Gasteiger partial charge on any atom is -0.312 e. The lowest BCUT2D eigenvalue weighted by molar-refractivity contribution is 0.486. The summed E-state index contributed by atoms with van der Waals surface area (Å²) in [6.07, 6.45) is 0. The monoisotopic (exact) mass is 239 g/mol. The van der Waals surface area contributed by atoms with Gasteiger partial charge >= 0.3 is 0 Å². The number of nitrogens with zero attached hydrogens (tertiary/aromatic N) is 1. The van der Waals surface area contributed by atoms with Crippen molar-refractivity contribution in [2.24, 2.45) is 5.92 Å². The molecule has 0 aliphatic rings. The predicted octanol–water partition coefficient (Wildman–Crippen LogP) is 3.06. The van der Waals surface area contributed by atoms with Crippen LogP contribution in [0.25, 0.3) is 0 Å². The molecule has 3 heteroatoms. The highest BCUT2D eigenvalue weighted by atomic mass is 32.1. The fraction of sp³-hybridized carbons (Fsp3) is 0.615. The Labute approximate surface area is 103 Å². The van der Waals surface area contributed by atoms with Gasteiger partial charge in [0.2, 0.25) is 0 Å². The van der Waals surface area contributed by atoms with Crippen molar-refractivity contribution in [3.8, 4) is 0 Å². The minimum atomic E-state index is 0.120. The normalized spacial score (nSPS) is 11.4. The van der Waals surface area contributed by atoms with Crippen molar-refractivity contribution < 1.29 is 0 Å². The quantitative estimate of drug-likeness (QED) is 0.801. The van der Waals surface area contributed by atoms with Gasteiger partial charge in [-0.2, -0.15) is 12.6 Å². The average Bonchev–Trinajstić information content (AvgIpc) is 2.19. The zero-order valence-corrected chi connectivity index (χ0v) is 11.4. The highest BCUT2D eigenvalue weighted by molar-refractivity contribution is 7.79. The van der Waals surface area contributed by atoms with Crippen LogP contribution in [0, 0.1) is 5.92 Å². The second-order valence-corrected chi connectivity index (χ2v) is 5.22. The van der Waals surface area contributed by atoms with Gasteiger partial charge in [-0.25, -0.2) is 0 Å². The van der Waals surface area contributed by atoms with Crippen LogP contribution in [0.1, 0.15) is 44.9 Å². The van der Waals surface area contributed by atoms with E-state index < -0.39 is 0 Å². The van der Waals surface area contributed by atoms with Crippen LogP contribution < -0.4 is 5.56 Å². The van der Waals surface area contributed by atoms with E-state index in [2.05, 4.69) is 46.4 Å². The molecule has 0 radical (unpaired) electrons. The highest BCUT2D eigenvalue weighted by Gasteiger charge is 2.11. The molecule has 0 aliphatic carbocycles. The van der Waals surface area contributed by atoms with Crippen molar-refractivity contribution in [3.05, 3.63) is 33.7 Å². The van der Waals surface area contributed by atoms with Gasteiger partial charge in [0.25, 0.3) is 5.56 Å². The number of hydrogen-bond donors (Lipinski definition) is 1. The zero-order valence-electron chi connectivity index (χ0n) is 10.5. The summed E-state index contributed by atoms with van der Waals surface area (Å²) in [5, 5.41) is 0. The Morgan fingerprint density at radius 3 is 2.31 bits per heavy atom. The molecule has 0 spiro atoms. The molecule has 90 valence electrons. The summed E-state index contributed by atoms with van der Waals surface area (Å²) >= 11 is 4.19. The Balaban J connectivity index is 3.31. The van der Waals surface area contributed by atoms with E-state index in [1.54, 1.807) is 0 Å². The molecule has 0 bridgehead atoms. The van der Waals surface area contributed by atoms with Crippen LogP contribution in [-0.2, 0) is 12.3 Å². The Bertz CT molecular complexity index is 407. The van der Waals surface area contributed by atoms with Crippen LogP contribution in [0.3, 0.4) is 0 Å². The first-order valence-electron chi connectivity index (χ1n) is 5.80. The third-order valence-corrected chi connectivity index (χ3v) is 2.94. The third-order valence-electron chi connectivity index (χ3n) is 2.60. The van der Waals surface area contributed by atoms with Crippen LogP contribution in [-0.4, -0.2) is 4.57 Å². The molecule has 0 unspecified atom stereocenters. The molecule has 0 saturated carbocycles. The molecule has 0 saturated heterocycles. The van der Waals surface area contributed by atoms with Gasteiger partial charge in [-0.1, -0.05) is 33.8 Å². The Morgan fingerprint density at radius 1 is 1.25 bits per heavy atom. The fourth-order valence-electron chi connectivity index (χ4n) is 1.82. The van der Waals surface area contributed by atoms with Crippen molar-refractivity contribution in [1.29, 1.82) is 0 Å². The maximum Gasteiger partial charge on any atom is 0.254 e. The number of aromatic nitrogens is 1. The van der Waals surface area contributed by atoms with E-state index in [0.29, 0.717) is 17.6 Å². The van der Waals surface area contributed by atoms with Gasteiger partial charge in [0.05, 0.1) is 0 Å². The molecule has 0 aromatic carbocycles. The van der Waals surface area contributed by atoms with E-state index in [1.807, 2.05) is 10.6 Å². The Kier molecular flexibility index (Phi) is 4.66. The van der Waals surface area contributed by atoms with Crippen LogP contribution >= 0.6 is 12.6 Å². The third kappa shape index (κ3) is 2.91. The standard InChI is InChI=1S/C13H21NOS/c1-9(2)7-14-12(10(3)4)6-5-11(8-16)13(14)15/h5-6,9-10,16H,7-8H2,1-4H3. The average molecular weight is 239 g/mol. The lowest BCUT2D eigenvalue weighted by atomic mass is 10.1. The second-order valence-electron chi connectivity index (χ2n) is 4.91. The molecular formula is C13H21NOS. The topological polar surface area (TPSA) is 22.0 Å². The molecule has 0 amide bonds. The smallest absolute Gasteiger partial charge is 0.254 e. The van der Waals surface area contributed by atoms with E-state index in [0.717, 1.165) is 17.8 Å². The molecule has 0 aliphatic heterocycles. The largest absolute Gasteiger partial charge is 0.312 e. The van der Waals surface area contributed by atoms with Gasteiger partial charge < -0.3 is 4.57 Å². The van der Waals surface area contributed by atoms with Gasteiger partial charge in [0, 0.05) is 23.6 Å². The van der Waals surface area contributed by atoms with E-state index in [9.17, 15) is 4.79 Å². The first kappa shape index (κ1) is 13.4. The summed E-state index contributed by atoms with van der Waals surface area (Å²) < 4.78 is 1.90. The van der Waals surface area contributed by atoms with Crippen LogP contribution in [0.5, 0.6) is 0 Å². The molecule has 16 heavy (non-hydrogen) atoms. The van der Waals surface area contributed by atoms with Crippen LogP contribution in [0.2, 0.25) is 0 Å². The van der Waals surface area contributed by atoms with Crippen molar-refractivity contribution in [2.45, 2.75) is 45.9 Å². The van der Waals surface area contributed by atoms with Crippen molar-refractivity contribution in [1.82, 2.24) is 4.57 Å². The van der Waals surface area contributed by atoms with Crippen LogP contribution in [0.4, 0.5) is 0 Å². The van der Waals surface area contributed by atoms with E-state index in [-0.39, 0.29) is 5.56 Å². The fourth-order valence-corrected chi connectivity index (χ4v) is 2.06. The number of rotatable bonds is 4. The first-order chi connectivity index (χ1) is 7.47. The molecule has 0 fully saturated rings. The molecule has 0 N–H and O–H groups in total. The van der Waals surface area contributed by atoms with E-state index >= 15 is 0 Å². The van der Waals surface area contributed by atoms with Gasteiger partial charge in [-0.15, -0.1) is 0 Å². The maximum absolute atomic E-state index is 12.2.